The molecule has 0 aliphatic rings. The molecule has 136 valence electrons. The molecular formula is C20H22N2O2S2. The summed E-state index contributed by atoms with van der Waals surface area (Å²) in [7, 11) is 1.63. The highest BCUT2D eigenvalue weighted by Crippen LogP contribution is 2.31. The van der Waals surface area contributed by atoms with E-state index in [1.807, 2.05) is 37.3 Å². The lowest BCUT2D eigenvalue weighted by Gasteiger charge is -2.12. The van der Waals surface area contributed by atoms with Gasteiger partial charge in [-0.1, -0.05) is 31.2 Å². The molecule has 1 aromatic carbocycles. The minimum absolute atomic E-state index is 0.0113. The molecule has 6 heteroatoms. The summed E-state index contributed by atoms with van der Waals surface area (Å²) in [5.74, 6) is 1.45. The van der Waals surface area contributed by atoms with Crippen molar-refractivity contribution in [3.63, 3.8) is 0 Å². The Bertz CT molecular complexity index is 988. The second kappa shape index (κ2) is 8.10. The van der Waals surface area contributed by atoms with Crippen molar-refractivity contribution in [2.24, 2.45) is 0 Å². The van der Waals surface area contributed by atoms with Crippen LogP contribution in [0.5, 0.6) is 5.75 Å². The van der Waals surface area contributed by atoms with Gasteiger partial charge in [0, 0.05) is 10.6 Å². The number of methoxy groups -OCH3 is 1. The molecule has 0 aliphatic heterocycles. The molecule has 2 heterocycles. The predicted octanol–water partition coefficient (Wildman–Crippen LogP) is 4.99. The van der Waals surface area contributed by atoms with E-state index < -0.39 is 0 Å². The van der Waals surface area contributed by atoms with Gasteiger partial charge in [-0.25, -0.2) is 4.98 Å². The molecule has 4 nitrogen and oxygen atoms in total. The summed E-state index contributed by atoms with van der Waals surface area (Å²) in [6, 6.07) is 7.49. The lowest BCUT2D eigenvalue weighted by molar-refractivity contribution is 0.414. The number of thioether (sulfide) groups is 1. The van der Waals surface area contributed by atoms with Crippen LogP contribution in [0.15, 0.2) is 46.9 Å². The maximum atomic E-state index is 13.4. The van der Waals surface area contributed by atoms with Crippen LogP contribution in [0, 0.1) is 6.92 Å². The van der Waals surface area contributed by atoms with E-state index in [1.165, 1.54) is 16.6 Å². The van der Waals surface area contributed by atoms with Crippen molar-refractivity contribution in [2.75, 3.05) is 12.9 Å². The van der Waals surface area contributed by atoms with Crippen LogP contribution in [0.25, 0.3) is 15.9 Å². The predicted molar refractivity (Wildman–Crippen MR) is 111 cm³/mol. The second-order valence-electron chi connectivity index (χ2n) is 5.91. The van der Waals surface area contributed by atoms with Gasteiger partial charge in [-0.2, -0.15) is 0 Å². The SMILES string of the molecule is C=CCSc1nc2sc(CCC)c(C)c2c(=O)n1-c1ccc(OC)cc1. The molecule has 0 fully saturated rings. The highest BCUT2D eigenvalue weighted by atomic mass is 32.2. The summed E-state index contributed by atoms with van der Waals surface area (Å²) < 4.78 is 6.93. The third-order valence-corrected chi connectivity index (χ3v) is 6.35. The highest BCUT2D eigenvalue weighted by molar-refractivity contribution is 7.99. The van der Waals surface area contributed by atoms with Gasteiger partial charge in [-0.15, -0.1) is 17.9 Å². The normalized spacial score (nSPS) is 11.0. The first kappa shape index (κ1) is 18.7. The Hall–Kier alpha value is -2.05. The monoisotopic (exact) mass is 386 g/mol. The fraction of sp³-hybridized carbons (Fsp3) is 0.300. The summed E-state index contributed by atoms with van der Waals surface area (Å²) in [5, 5.41) is 1.43. The Morgan fingerprint density at radius 3 is 2.69 bits per heavy atom. The highest BCUT2D eigenvalue weighted by Gasteiger charge is 2.18. The lowest BCUT2D eigenvalue weighted by atomic mass is 10.1. The van der Waals surface area contributed by atoms with Gasteiger partial charge in [0.1, 0.15) is 10.6 Å². The largest absolute Gasteiger partial charge is 0.497 e. The van der Waals surface area contributed by atoms with Crippen LogP contribution in [0.2, 0.25) is 0 Å². The Morgan fingerprint density at radius 1 is 1.35 bits per heavy atom. The molecule has 26 heavy (non-hydrogen) atoms. The maximum absolute atomic E-state index is 13.4. The molecule has 0 amide bonds. The first-order chi connectivity index (χ1) is 12.6. The molecule has 0 saturated carbocycles. The minimum atomic E-state index is -0.0113. The van der Waals surface area contributed by atoms with Crippen molar-refractivity contribution in [2.45, 2.75) is 31.8 Å². The Balaban J connectivity index is 2.26. The van der Waals surface area contributed by atoms with Gasteiger partial charge in [0.15, 0.2) is 5.16 Å². The summed E-state index contributed by atoms with van der Waals surface area (Å²) in [5.41, 5.74) is 1.84. The number of aryl methyl sites for hydroxylation is 2. The molecule has 0 spiro atoms. The second-order valence-corrected chi connectivity index (χ2v) is 7.98. The lowest BCUT2D eigenvalue weighted by Crippen LogP contribution is -2.21. The molecule has 0 saturated heterocycles. The van der Waals surface area contributed by atoms with Gasteiger partial charge in [0.05, 0.1) is 18.2 Å². The number of hydrogen-bond acceptors (Lipinski definition) is 5. The molecule has 2 aromatic heterocycles. The van der Waals surface area contributed by atoms with Crippen molar-refractivity contribution in [3.8, 4) is 11.4 Å². The quantitative estimate of drug-likeness (QED) is 0.326. The zero-order valence-electron chi connectivity index (χ0n) is 15.2. The van der Waals surface area contributed by atoms with Gasteiger partial charge in [-0.05, 0) is 43.2 Å². The van der Waals surface area contributed by atoms with Crippen LogP contribution in [0.1, 0.15) is 23.8 Å². The Morgan fingerprint density at radius 2 is 2.08 bits per heavy atom. The molecule has 0 aliphatic carbocycles. The van der Waals surface area contributed by atoms with Crippen LogP contribution in [0.4, 0.5) is 0 Å². The number of rotatable bonds is 7. The topological polar surface area (TPSA) is 44.1 Å². The molecule has 0 radical (unpaired) electrons. The van der Waals surface area contributed by atoms with Gasteiger partial charge < -0.3 is 4.74 Å². The van der Waals surface area contributed by atoms with E-state index in [9.17, 15) is 4.79 Å². The number of nitrogens with zero attached hydrogens (tertiary/aromatic N) is 2. The number of aromatic nitrogens is 2. The summed E-state index contributed by atoms with van der Waals surface area (Å²) in [6.07, 6.45) is 3.85. The Kier molecular flexibility index (Phi) is 5.84. The van der Waals surface area contributed by atoms with Crippen molar-refractivity contribution in [1.29, 1.82) is 0 Å². The first-order valence-electron chi connectivity index (χ1n) is 8.53. The smallest absolute Gasteiger partial charge is 0.267 e. The van der Waals surface area contributed by atoms with Crippen LogP contribution in [0.3, 0.4) is 0 Å². The Labute approximate surface area is 161 Å². The number of fused-ring (bicyclic) bond motifs is 1. The maximum Gasteiger partial charge on any atom is 0.267 e. The average Bonchev–Trinajstić information content (AvgIpc) is 2.96. The molecule has 0 atom stereocenters. The van der Waals surface area contributed by atoms with Crippen molar-refractivity contribution < 1.29 is 4.74 Å². The van der Waals surface area contributed by atoms with Gasteiger partial charge in [-0.3, -0.25) is 9.36 Å². The number of thiophene rings is 1. The molecule has 3 aromatic rings. The fourth-order valence-corrected chi connectivity index (χ4v) is 4.93. The van der Waals surface area contributed by atoms with E-state index in [4.69, 9.17) is 9.72 Å². The summed E-state index contributed by atoms with van der Waals surface area (Å²) in [6.45, 7) is 7.96. The number of hydrogen-bond donors (Lipinski definition) is 0. The molecule has 0 N–H and O–H groups in total. The zero-order valence-corrected chi connectivity index (χ0v) is 16.9. The van der Waals surface area contributed by atoms with E-state index in [2.05, 4.69) is 13.5 Å². The molecular weight excluding hydrogens is 364 g/mol. The molecule has 0 unspecified atom stereocenters. The third-order valence-electron chi connectivity index (χ3n) is 4.17. The van der Waals surface area contributed by atoms with E-state index in [1.54, 1.807) is 23.0 Å². The van der Waals surface area contributed by atoms with Crippen molar-refractivity contribution in [1.82, 2.24) is 9.55 Å². The number of benzene rings is 1. The van der Waals surface area contributed by atoms with E-state index in [0.29, 0.717) is 10.9 Å². The van der Waals surface area contributed by atoms with Crippen molar-refractivity contribution >= 4 is 33.3 Å². The average molecular weight is 387 g/mol. The zero-order chi connectivity index (χ0) is 18.7. The minimum Gasteiger partial charge on any atom is -0.497 e. The van der Waals surface area contributed by atoms with Crippen LogP contribution in [-0.4, -0.2) is 22.4 Å². The van der Waals surface area contributed by atoms with Gasteiger partial charge in [0.2, 0.25) is 0 Å². The van der Waals surface area contributed by atoms with Gasteiger partial charge >= 0.3 is 0 Å². The van der Waals surface area contributed by atoms with Gasteiger partial charge in [0.25, 0.3) is 5.56 Å². The van der Waals surface area contributed by atoms with E-state index >= 15 is 0 Å². The summed E-state index contributed by atoms with van der Waals surface area (Å²) in [4.78, 5) is 20.3. The first-order valence-corrected chi connectivity index (χ1v) is 10.3. The van der Waals surface area contributed by atoms with Crippen LogP contribution >= 0.6 is 23.1 Å². The van der Waals surface area contributed by atoms with E-state index in [0.717, 1.165) is 40.1 Å². The van der Waals surface area contributed by atoms with Crippen LogP contribution < -0.4 is 10.3 Å². The fourth-order valence-electron chi connectivity index (χ4n) is 2.87. The van der Waals surface area contributed by atoms with Crippen molar-refractivity contribution in [3.05, 3.63) is 57.7 Å². The number of ether oxygens (including phenoxy) is 1. The van der Waals surface area contributed by atoms with Crippen LogP contribution in [-0.2, 0) is 6.42 Å². The van der Waals surface area contributed by atoms with E-state index in [-0.39, 0.29) is 5.56 Å². The standard InChI is InChI=1S/C20H22N2O2S2/c1-5-7-16-13(3)17-18(26-16)21-20(25-12-6-2)22(19(17)23)14-8-10-15(24-4)11-9-14/h6,8-11H,2,5,7,12H2,1,3-4H3. The third kappa shape index (κ3) is 3.44. The molecule has 0 bridgehead atoms. The summed E-state index contributed by atoms with van der Waals surface area (Å²) >= 11 is 3.16. The molecule has 3 rings (SSSR count).